The van der Waals surface area contributed by atoms with E-state index >= 15 is 0 Å². The van der Waals surface area contributed by atoms with Gasteiger partial charge in [-0.3, -0.25) is 4.79 Å². The van der Waals surface area contributed by atoms with E-state index in [0.29, 0.717) is 33.1 Å². The number of nitrogens with zero attached hydrogens (tertiary/aromatic N) is 1. The molecule has 1 N–H and O–H groups in total. The topological polar surface area (TPSA) is 72.0 Å². The lowest BCUT2D eigenvalue weighted by Gasteiger charge is -1.98. The SMILES string of the molecule is CCOC(=O)c1sc2nc(C=Cc3cccs3)[nH]c(=O)c2c1C. The molecule has 0 saturated carbocycles. The molecule has 23 heavy (non-hydrogen) atoms. The van der Waals surface area contributed by atoms with Crippen molar-refractivity contribution >= 4 is 51.0 Å². The van der Waals surface area contributed by atoms with Gasteiger partial charge in [-0.15, -0.1) is 22.7 Å². The van der Waals surface area contributed by atoms with E-state index in [0.717, 1.165) is 4.88 Å². The Bertz CT molecular complexity index is 936. The van der Waals surface area contributed by atoms with Crippen molar-refractivity contribution in [3.63, 3.8) is 0 Å². The van der Waals surface area contributed by atoms with Crippen molar-refractivity contribution in [2.75, 3.05) is 6.61 Å². The number of rotatable bonds is 4. The molecule has 3 aromatic rings. The van der Waals surface area contributed by atoms with E-state index in [4.69, 9.17) is 4.74 Å². The average molecular weight is 346 g/mol. The van der Waals surface area contributed by atoms with Crippen LogP contribution in [0.3, 0.4) is 0 Å². The highest BCUT2D eigenvalue weighted by molar-refractivity contribution is 7.20. The van der Waals surface area contributed by atoms with E-state index in [1.807, 2.05) is 23.6 Å². The van der Waals surface area contributed by atoms with Crippen LogP contribution in [0.25, 0.3) is 22.4 Å². The highest BCUT2D eigenvalue weighted by Crippen LogP contribution is 2.27. The number of thiophene rings is 2. The van der Waals surface area contributed by atoms with Crippen LogP contribution < -0.4 is 5.56 Å². The van der Waals surface area contributed by atoms with Gasteiger partial charge < -0.3 is 9.72 Å². The molecule has 0 unspecified atom stereocenters. The standard InChI is InChI=1S/C16H14N2O3S2/c1-3-21-16(20)13-9(2)12-14(19)17-11(18-15(12)23-13)7-6-10-5-4-8-22-10/h4-8H,3H2,1-2H3,(H,17,18,19). The third-order valence-corrected chi connectivity index (χ3v) is 5.23. The van der Waals surface area contributed by atoms with Gasteiger partial charge in [0, 0.05) is 4.88 Å². The van der Waals surface area contributed by atoms with Crippen LogP contribution in [0.4, 0.5) is 0 Å². The molecule has 0 spiro atoms. The molecule has 0 saturated heterocycles. The number of aromatic amines is 1. The summed E-state index contributed by atoms with van der Waals surface area (Å²) in [6.45, 7) is 3.79. The molecule has 5 nitrogen and oxygen atoms in total. The fourth-order valence-electron chi connectivity index (χ4n) is 2.18. The van der Waals surface area contributed by atoms with E-state index in [9.17, 15) is 9.59 Å². The molecule has 0 aromatic carbocycles. The second-order valence-electron chi connectivity index (χ2n) is 4.76. The van der Waals surface area contributed by atoms with Crippen LogP contribution >= 0.6 is 22.7 Å². The van der Waals surface area contributed by atoms with Crippen molar-refractivity contribution in [3.05, 3.63) is 49.0 Å². The first-order valence-corrected chi connectivity index (χ1v) is 8.72. The average Bonchev–Trinajstić information content (AvgIpc) is 3.13. The highest BCUT2D eigenvalue weighted by Gasteiger charge is 2.19. The normalized spacial score (nSPS) is 11.4. The Morgan fingerprint density at radius 3 is 2.96 bits per heavy atom. The number of hydrogen-bond acceptors (Lipinski definition) is 6. The molecule has 0 bridgehead atoms. The minimum absolute atomic E-state index is 0.245. The lowest BCUT2D eigenvalue weighted by atomic mass is 10.2. The van der Waals surface area contributed by atoms with Crippen LogP contribution in [0.1, 0.15) is 32.9 Å². The molecular formula is C16H14N2O3S2. The number of fused-ring (bicyclic) bond motifs is 1. The third-order valence-electron chi connectivity index (χ3n) is 3.23. The van der Waals surface area contributed by atoms with Gasteiger partial charge >= 0.3 is 5.97 Å². The quantitative estimate of drug-likeness (QED) is 0.731. The van der Waals surface area contributed by atoms with Crippen LogP contribution in [-0.2, 0) is 4.74 Å². The first-order valence-electron chi connectivity index (χ1n) is 7.02. The van der Waals surface area contributed by atoms with E-state index < -0.39 is 5.97 Å². The maximum Gasteiger partial charge on any atom is 0.348 e. The third kappa shape index (κ3) is 3.11. The van der Waals surface area contributed by atoms with Gasteiger partial charge in [-0.2, -0.15) is 0 Å². The molecule has 3 rings (SSSR count). The highest BCUT2D eigenvalue weighted by atomic mass is 32.1. The van der Waals surface area contributed by atoms with Crippen LogP contribution in [0, 0.1) is 6.92 Å². The smallest absolute Gasteiger partial charge is 0.348 e. The van der Waals surface area contributed by atoms with E-state index in [1.165, 1.54) is 11.3 Å². The zero-order chi connectivity index (χ0) is 16.4. The molecule has 7 heteroatoms. The number of esters is 1. The molecule has 3 aromatic heterocycles. The van der Waals surface area contributed by atoms with E-state index in [2.05, 4.69) is 9.97 Å². The Morgan fingerprint density at radius 2 is 2.26 bits per heavy atom. The Morgan fingerprint density at radius 1 is 1.43 bits per heavy atom. The van der Waals surface area contributed by atoms with Gasteiger partial charge in [0.15, 0.2) is 0 Å². The summed E-state index contributed by atoms with van der Waals surface area (Å²) < 4.78 is 5.02. The van der Waals surface area contributed by atoms with Crippen LogP contribution in [0.5, 0.6) is 0 Å². The summed E-state index contributed by atoms with van der Waals surface area (Å²) in [6, 6.07) is 3.93. The molecule has 118 valence electrons. The van der Waals surface area contributed by atoms with Gasteiger partial charge in [0.25, 0.3) is 5.56 Å². The minimum Gasteiger partial charge on any atom is -0.462 e. The van der Waals surface area contributed by atoms with Crippen molar-refractivity contribution in [3.8, 4) is 0 Å². The number of aromatic nitrogens is 2. The predicted octanol–water partition coefficient (Wildman–Crippen LogP) is 3.70. The van der Waals surface area contributed by atoms with E-state index in [-0.39, 0.29) is 5.56 Å². The van der Waals surface area contributed by atoms with Crippen molar-refractivity contribution in [2.45, 2.75) is 13.8 Å². The van der Waals surface area contributed by atoms with Gasteiger partial charge in [0.2, 0.25) is 0 Å². The molecule has 0 fully saturated rings. The number of aryl methyl sites for hydroxylation is 1. The first-order chi connectivity index (χ1) is 11.1. The molecule has 0 amide bonds. The van der Waals surface area contributed by atoms with Crippen LogP contribution in [-0.4, -0.2) is 22.5 Å². The summed E-state index contributed by atoms with van der Waals surface area (Å²) in [4.78, 5) is 33.5. The Hall–Kier alpha value is -2.25. The summed E-state index contributed by atoms with van der Waals surface area (Å²) in [5.74, 6) is 0.0515. The second kappa shape index (κ2) is 6.47. The fraction of sp³-hybridized carbons (Fsp3) is 0.188. The monoisotopic (exact) mass is 346 g/mol. The van der Waals surface area contributed by atoms with Gasteiger partial charge in [-0.25, -0.2) is 9.78 Å². The van der Waals surface area contributed by atoms with Crippen molar-refractivity contribution in [2.24, 2.45) is 0 Å². The number of hydrogen-bond donors (Lipinski definition) is 1. The Balaban J connectivity index is 2.04. The Labute approximate surface area is 140 Å². The molecular weight excluding hydrogens is 332 g/mol. The lowest BCUT2D eigenvalue weighted by molar-refractivity contribution is 0.0531. The van der Waals surface area contributed by atoms with Gasteiger partial charge in [-0.1, -0.05) is 6.07 Å². The van der Waals surface area contributed by atoms with Crippen molar-refractivity contribution < 1.29 is 9.53 Å². The maximum atomic E-state index is 12.3. The molecule has 0 aliphatic heterocycles. The van der Waals surface area contributed by atoms with Crippen LogP contribution in [0.2, 0.25) is 0 Å². The van der Waals surface area contributed by atoms with E-state index in [1.54, 1.807) is 31.3 Å². The minimum atomic E-state index is -0.414. The zero-order valence-corrected chi connectivity index (χ0v) is 14.2. The summed E-state index contributed by atoms with van der Waals surface area (Å²) >= 11 is 2.79. The summed E-state index contributed by atoms with van der Waals surface area (Å²) in [6.07, 6.45) is 3.65. The van der Waals surface area contributed by atoms with Gasteiger partial charge in [0.1, 0.15) is 15.5 Å². The summed E-state index contributed by atoms with van der Waals surface area (Å²) in [5.41, 5.74) is 0.371. The number of carbonyl (C=O) groups excluding carboxylic acids is 1. The fourth-order valence-corrected chi connectivity index (χ4v) is 3.88. The number of H-pyrrole nitrogens is 1. The maximum absolute atomic E-state index is 12.3. The van der Waals surface area contributed by atoms with Crippen molar-refractivity contribution in [1.82, 2.24) is 9.97 Å². The summed E-state index contributed by atoms with van der Waals surface area (Å²) in [7, 11) is 0. The molecule has 0 atom stereocenters. The lowest BCUT2D eigenvalue weighted by Crippen LogP contribution is -2.10. The molecule has 3 heterocycles. The molecule has 0 aliphatic rings. The number of ether oxygens (including phenoxy) is 1. The van der Waals surface area contributed by atoms with Gasteiger partial charge in [0.05, 0.1) is 12.0 Å². The number of nitrogens with one attached hydrogen (secondary N) is 1. The zero-order valence-electron chi connectivity index (χ0n) is 12.6. The first kappa shape index (κ1) is 15.6. The van der Waals surface area contributed by atoms with Gasteiger partial charge in [-0.05, 0) is 43.0 Å². The Kier molecular flexibility index (Phi) is 4.40. The molecule has 0 aliphatic carbocycles. The summed E-state index contributed by atoms with van der Waals surface area (Å²) in [5, 5.41) is 2.43. The predicted molar refractivity (Wildman–Crippen MR) is 94.2 cm³/mol. The number of carbonyl (C=O) groups is 1. The second-order valence-corrected chi connectivity index (χ2v) is 6.74. The molecule has 0 radical (unpaired) electrons. The van der Waals surface area contributed by atoms with Crippen LogP contribution in [0.15, 0.2) is 22.3 Å². The van der Waals surface area contributed by atoms with Crippen molar-refractivity contribution in [1.29, 1.82) is 0 Å². The largest absolute Gasteiger partial charge is 0.462 e.